The molecule has 1 aromatic carbocycles. The van der Waals surface area contributed by atoms with Crippen molar-refractivity contribution in [2.75, 3.05) is 13.7 Å². The second-order valence-corrected chi connectivity index (χ2v) is 5.47. The third-order valence-electron chi connectivity index (χ3n) is 3.92. The Hall–Kier alpha value is -2.94. The quantitative estimate of drug-likeness (QED) is 0.798. The molecule has 0 spiro atoms. The molecule has 6 nitrogen and oxygen atoms in total. The molecule has 0 bridgehead atoms. The number of nitrogens with two attached hydrogens (primary N) is 1. The second-order valence-electron chi connectivity index (χ2n) is 5.47. The second kappa shape index (κ2) is 8.25. The molecule has 2 rings (SSSR count). The van der Waals surface area contributed by atoms with Gasteiger partial charge in [0.1, 0.15) is 23.2 Å². The molecular weight excluding hydrogens is 320 g/mol. The summed E-state index contributed by atoms with van der Waals surface area (Å²) >= 11 is 0. The number of methoxy groups -OCH3 is 1. The summed E-state index contributed by atoms with van der Waals surface area (Å²) in [5.74, 6) is -0.187. The van der Waals surface area contributed by atoms with E-state index < -0.39 is 11.9 Å². The van der Waals surface area contributed by atoms with Crippen molar-refractivity contribution >= 4 is 5.97 Å². The highest BCUT2D eigenvalue weighted by Crippen LogP contribution is 2.43. The highest BCUT2D eigenvalue weighted by Gasteiger charge is 2.38. The highest BCUT2D eigenvalue weighted by molar-refractivity contribution is 5.93. The molecule has 1 aliphatic heterocycles. The zero-order chi connectivity index (χ0) is 18.4. The lowest BCUT2D eigenvalue weighted by molar-refractivity contribution is -0.139. The summed E-state index contributed by atoms with van der Waals surface area (Å²) in [5.41, 5.74) is 7.12. The monoisotopic (exact) mass is 342 g/mol. The predicted octanol–water partition coefficient (Wildman–Crippen LogP) is 3.12. The normalized spacial score (nSPS) is 17.0. The molecule has 2 N–H and O–H groups in total. The van der Waals surface area contributed by atoms with E-state index in [1.807, 2.05) is 25.1 Å². The number of benzene rings is 1. The first kappa shape index (κ1) is 18.4. The molecule has 1 aliphatic rings. The predicted molar refractivity (Wildman–Crippen MR) is 92.2 cm³/mol. The lowest BCUT2D eigenvalue weighted by Gasteiger charge is -2.28. The van der Waals surface area contributed by atoms with Crippen molar-refractivity contribution in [2.45, 2.75) is 32.6 Å². The summed E-state index contributed by atoms with van der Waals surface area (Å²) in [6.45, 7) is 3.92. The Labute approximate surface area is 147 Å². The Morgan fingerprint density at radius 1 is 1.36 bits per heavy atom. The SMILES string of the molecule is CCCC1=C(C(=O)OCC)[C@H](c2ccccc2OC)C(C#N)=C(N)O1. The molecule has 0 saturated carbocycles. The van der Waals surface area contributed by atoms with Gasteiger partial charge in [0.15, 0.2) is 0 Å². The Morgan fingerprint density at radius 2 is 2.08 bits per heavy atom. The van der Waals surface area contributed by atoms with E-state index in [1.165, 1.54) is 7.11 Å². The number of carbonyl (C=O) groups is 1. The number of esters is 1. The largest absolute Gasteiger partial charge is 0.496 e. The summed E-state index contributed by atoms with van der Waals surface area (Å²) in [7, 11) is 1.54. The van der Waals surface area contributed by atoms with Crippen molar-refractivity contribution in [3.8, 4) is 11.8 Å². The van der Waals surface area contributed by atoms with Gasteiger partial charge in [-0.3, -0.25) is 0 Å². The topological polar surface area (TPSA) is 94.6 Å². The van der Waals surface area contributed by atoms with Crippen LogP contribution in [0.3, 0.4) is 0 Å². The van der Waals surface area contributed by atoms with Crippen molar-refractivity contribution in [3.63, 3.8) is 0 Å². The molecule has 0 saturated heterocycles. The van der Waals surface area contributed by atoms with Gasteiger partial charge < -0.3 is 19.9 Å². The van der Waals surface area contributed by atoms with Crippen molar-refractivity contribution in [1.29, 1.82) is 5.26 Å². The lowest BCUT2D eigenvalue weighted by Crippen LogP contribution is -2.26. The van der Waals surface area contributed by atoms with Gasteiger partial charge in [-0.15, -0.1) is 0 Å². The summed E-state index contributed by atoms with van der Waals surface area (Å²) in [4.78, 5) is 12.7. The van der Waals surface area contributed by atoms with Gasteiger partial charge in [0.25, 0.3) is 0 Å². The minimum Gasteiger partial charge on any atom is -0.496 e. The first-order chi connectivity index (χ1) is 12.1. The van der Waals surface area contributed by atoms with Crippen LogP contribution >= 0.6 is 0 Å². The molecule has 25 heavy (non-hydrogen) atoms. The van der Waals surface area contributed by atoms with Gasteiger partial charge in [-0.25, -0.2) is 4.79 Å². The Morgan fingerprint density at radius 3 is 2.68 bits per heavy atom. The number of ether oxygens (including phenoxy) is 3. The number of allylic oxidation sites excluding steroid dienone is 2. The Kier molecular flexibility index (Phi) is 6.07. The van der Waals surface area contributed by atoms with E-state index in [1.54, 1.807) is 13.0 Å². The van der Waals surface area contributed by atoms with Crippen molar-refractivity contribution in [3.05, 3.63) is 52.6 Å². The molecule has 6 heteroatoms. The van der Waals surface area contributed by atoms with Crippen LogP contribution < -0.4 is 10.5 Å². The maximum atomic E-state index is 12.7. The van der Waals surface area contributed by atoms with E-state index >= 15 is 0 Å². The smallest absolute Gasteiger partial charge is 0.338 e. The highest BCUT2D eigenvalue weighted by atomic mass is 16.5. The first-order valence-corrected chi connectivity index (χ1v) is 8.19. The van der Waals surface area contributed by atoms with Crippen LogP contribution in [-0.4, -0.2) is 19.7 Å². The maximum absolute atomic E-state index is 12.7. The average Bonchev–Trinajstić information content (AvgIpc) is 2.61. The standard InChI is InChI=1S/C19H22N2O4/c1-4-8-15-17(19(22)24-5-2)16(13(11-20)18(21)25-15)12-9-6-7-10-14(12)23-3/h6-7,9-10,16H,4-5,8,21H2,1-3H3/t16-/m1/s1. The van der Waals surface area contributed by atoms with Crippen LogP contribution in [0.25, 0.3) is 0 Å². The molecule has 0 amide bonds. The van der Waals surface area contributed by atoms with Gasteiger partial charge in [-0.2, -0.15) is 5.26 Å². The zero-order valence-electron chi connectivity index (χ0n) is 14.7. The summed E-state index contributed by atoms with van der Waals surface area (Å²) in [5, 5.41) is 9.62. The fourth-order valence-electron chi connectivity index (χ4n) is 2.88. The summed E-state index contributed by atoms with van der Waals surface area (Å²) in [6.07, 6.45) is 1.27. The molecule has 0 radical (unpaired) electrons. The van der Waals surface area contributed by atoms with Gasteiger partial charge in [-0.1, -0.05) is 25.1 Å². The van der Waals surface area contributed by atoms with Crippen LogP contribution in [-0.2, 0) is 14.3 Å². The average molecular weight is 342 g/mol. The third kappa shape index (κ3) is 3.61. The zero-order valence-corrected chi connectivity index (χ0v) is 14.7. The molecule has 1 atom stereocenters. The van der Waals surface area contributed by atoms with E-state index in [4.69, 9.17) is 19.9 Å². The molecule has 132 valence electrons. The van der Waals surface area contributed by atoms with Crippen molar-refractivity contribution in [1.82, 2.24) is 0 Å². The Balaban J connectivity index is 2.71. The number of para-hydroxylation sites is 1. The number of nitrogens with zero attached hydrogens (tertiary/aromatic N) is 1. The third-order valence-corrected chi connectivity index (χ3v) is 3.92. The van der Waals surface area contributed by atoms with E-state index in [0.29, 0.717) is 29.1 Å². The van der Waals surface area contributed by atoms with Crippen LogP contribution in [0.1, 0.15) is 38.2 Å². The number of hydrogen-bond acceptors (Lipinski definition) is 6. The fraction of sp³-hybridized carbons (Fsp3) is 0.368. The summed E-state index contributed by atoms with van der Waals surface area (Å²) in [6, 6.07) is 9.30. The van der Waals surface area contributed by atoms with Crippen LogP contribution in [0.5, 0.6) is 5.75 Å². The van der Waals surface area contributed by atoms with Gasteiger partial charge in [0.2, 0.25) is 5.88 Å². The number of carbonyl (C=O) groups excluding carboxylic acids is 1. The van der Waals surface area contributed by atoms with E-state index in [9.17, 15) is 10.1 Å². The van der Waals surface area contributed by atoms with Gasteiger partial charge in [0.05, 0.1) is 25.2 Å². The van der Waals surface area contributed by atoms with Gasteiger partial charge in [-0.05, 0) is 19.4 Å². The minimum atomic E-state index is -0.685. The van der Waals surface area contributed by atoms with E-state index in [0.717, 1.165) is 6.42 Å². The minimum absolute atomic E-state index is 0.00917. The first-order valence-electron chi connectivity index (χ1n) is 8.19. The molecule has 1 heterocycles. The molecule has 0 aromatic heterocycles. The molecular formula is C19H22N2O4. The molecule has 0 fully saturated rings. The molecule has 0 aliphatic carbocycles. The fourth-order valence-corrected chi connectivity index (χ4v) is 2.88. The number of nitriles is 1. The van der Waals surface area contributed by atoms with E-state index in [2.05, 4.69) is 6.07 Å². The Bertz CT molecular complexity index is 759. The number of hydrogen-bond donors (Lipinski definition) is 1. The maximum Gasteiger partial charge on any atom is 0.338 e. The number of rotatable bonds is 6. The van der Waals surface area contributed by atoms with Crippen LogP contribution in [0, 0.1) is 11.3 Å². The van der Waals surface area contributed by atoms with Crippen LogP contribution in [0.2, 0.25) is 0 Å². The van der Waals surface area contributed by atoms with E-state index in [-0.39, 0.29) is 18.1 Å². The molecule has 0 unspecified atom stereocenters. The van der Waals surface area contributed by atoms with Gasteiger partial charge in [0, 0.05) is 12.0 Å². The van der Waals surface area contributed by atoms with Crippen molar-refractivity contribution < 1.29 is 19.0 Å². The lowest BCUT2D eigenvalue weighted by atomic mass is 9.82. The van der Waals surface area contributed by atoms with Gasteiger partial charge >= 0.3 is 5.97 Å². The van der Waals surface area contributed by atoms with Crippen molar-refractivity contribution in [2.24, 2.45) is 5.73 Å². The van der Waals surface area contributed by atoms with Crippen LogP contribution in [0.15, 0.2) is 47.1 Å². The molecule has 1 aromatic rings. The van der Waals surface area contributed by atoms with Crippen LogP contribution in [0.4, 0.5) is 0 Å². The summed E-state index contributed by atoms with van der Waals surface area (Å²) < 4.78 is 16.3.